The molecule has 0 saturated heterocycles. The zero-order chi connectivity index (χ0) is 11.4. The molecule has 0 atom stereocenters. The van der Waals surface area contributed by atoms with Crippen LogP contribution in [-0.4, -0.2) is 13.1 Å². The molecule has 0 bridgehead atoms. The van der Waals surface area contributed by atoms with Crippen LogP contribution in [0.2, 0.25) is 0 Å². The highest BCUT2D eigenvalue weighted by Crippen LogP contribution is 2.25. The minimum Gasteiger partial charge on any atom is -0.486 e. The van der Waals surface area contributed by atoms with Gasteiger partial charge in [0.05, 0.1) is 7.11 Å². The molecule has 0 aromatic heterocycles. The van der Waals surface area contributed by atoms with E-state index < -0.39 is 0 Å². The largest absolute Gasteiger partial charge is 0.486 e. The van der Waals surface area contributed by atoms with Crippen molar-refractivity contribution in [3.8, 4) is 0 Å². The van der Waals surface area contributed by atoms with Crippen LogP contribution in [-0.2, 0) is 9.53 Å². The maximum absolute atomic E-state index is 10.7. The van der Waals surface area contributed by atoms with Crippen LogP contribution in [0.1, 0.15) is 36.5 Å². The standard InChI is InChI=1S/C13H16O2/c1-9(2)11-6-5-7-12(10(11)3)13(8-14)15-4/h5-7,9H,1-4H3. The van der Waals surface area contributed by atoms with E-state index in [1.54, 1.807) is 0 Å². The lowest BCUT2D eigenvalue weighted by Gasteiger charge is -2.13. The molecule has 0 unspecified atom stereocenters. The summed E-state index contributed by atoms with van der Waals surface area (Å²) in [6, 6.07) is 5.89. The molecule has 0 amide bonds. The van der Waals surface area contributed by atoms with E-state index in [1.807, 2.05) is 25.0 Å². The van der Waals surface area contributed by atoms with Gasteiger partial charge in [0.25, 0.3) is 0 Å². The summed E-state index contributed by atoms with van der Waals surface area (Å²) >= 11 is 0. The number of methoxy groups -OCH3 is 1. The molecular formula is C13H16O2. The minimum atomic E-state index is 0.273. The Morgan fingerprint density at radius 1 is 1.40 bits per heavy atom. The van der Waals surface area contributed by atoms with Crippen LogP contribution in [0, 0.1) is 6.92 Å². The van der Waals surface area contributed by atoms with Gasteiger partial charge >= 0.3 is 0 Å². The third-order valence-electron chi connectivity index (χ3n) is 2.54. The Hall–Kier alpha value is -1.53. The highest BCUT2D eigenvalue weighted by Gasteiger charge is 2.11. The molecule has 0 aliphatic rings. The molecule has 1 aromatic rings. The summed E-state index contributed by atoms with van der Waals surface area (Å²) in [6.07, 6.45) is 0. The van der Waals surface area contributed by atoms with Crippen molar-refractivity contribution in [2.24, 2.45) is 0 Å². The highest BCUT2D eigenvalue weighted by molar-refractivity contribution is 5.84. The number of carbonyl (C=O) groups excluding carboxylic acids is 1. The van der Waals surface area contributed by atoms with Crippen LogP contribution < -0.4 is 0 Å². The van der Waals surface area contributed by atoms with Gasteiger partial charge < -0.3 is 4.74 Å². The molecule has 1 rings (SSSR count). The Labute approximate surface area is 90.6 Å². The Bertz CT molecular complexity index is 399. The van der Waals surface area contributed by atoms with Gasteiger partial charge in [-0.2, -0.15) is 0 Å². The van der Waals surface area contributed by atoms with Gasteiger partial charge in [0.15, 0.2) is 5.94 Å². The van der Waals surface area contributed by atoms with Crippen LogP contribution in [0.3, 0.4) is 0 Å². The second kappa shape index (κ2) is 4.81. The maximum atomic E-state index is 10.7. The first-order valence-corrected chi connectivity index (χ1v) is 5.00. The first kappa shape index (κ1) is 11.5. The van der Waals surface area contributed by atoms with Gasteiger partial charge in [-0.15, -0.1) is 0 Å². The number of ether oxygens (including phenoxy) is 1. The monoisotopic (exact) mass is 204 g/mol. The molecule has 80 valence electrons. The average molecular weight is 204 g/mol. The Morgan fingerprint density at radius 2 is 2.07 bits per heavy atom. The Kier molecular flexibility index (Phi) is 3.70. The van der Waals surface area contributed by atoms with E-state index in [1.165, 1.54) is 12.7 Å². The molecule has 0 radical (unpaired) electrons. The highest BCUT2D eigenvalue weighted by atomic mass is 16.5. The first-order valence-electron chi connectivity index (χ1n) is 5.00. The fraction of sp³-hybridized carbons (Fsp3) is 0.385. The van der Waals surface area contributed by atoms with E-state index in [2.05, 4.69) is 19.9 Å². The second-order valence-corrected chi connectivity index (χ2v) is 3.81. The van der Waals surface area contributed by atoms with Crippen molar-refractivity contribution in [1.29, 1.82) is 0 Å². The van der Waals surface area contributed by atoms with Gasteiger partial charge in [-0.1, -0.05) is 32.0 Å². The molecule has 0 aliphatic carbocycles. The molecule has 1 aromatic carbocycles. The van der Waals surface area contributed by atoms with E-state index in [9.17, 15) is 4.79 Å². The number of benzene rings is 1. The third-order valence-corrected chi connectivity index (χ3v) is 2.54. The van der Waals surface area contributed by atoms with Crippen molar-refractivity contribution in [3.05, 3.63) is 34.9 Å². The van der Waals surface area contributed by atoms with E-state index in [0.29, 0.717) is 5.92 Å². The number of hydrogen-bond acceptors (Lipinski definition) is 2. The van der Waals surface area contributed by atoms with E-state index in [4.69, 9.17) is 4.74 Å². The van der Waals surface area contributed by atoms with E-state index in [0.717, 1.165) is 11.1 Å². The van der Waals surface area contributed by atoms with Crippen LogP contribution in [0.15, 0.2) is 18.2 Å². The topological polar surface area (TPSA) is 26.3 Å². The molecule has 2 nitrogen and oxygen atoms in total. The Balaban J connectivity index is 3.33. The summed E-state index contributed by atoms with van der Waals surface area (Å²) in [5.41, 5.74) is 3.16. The second-order valence-electron chi connectivity index (χ2n) is 3.81. The van der Waals surface area contributed by atoms with Crippen molar-refractivity contribution < 1.29 is 9.53 Å². The minimum absolute atomic E-state index is 0.273. The predicted molar refractivity (Wildman–Crippen MR) is 61.4 cm³/mol. The van der Waals surface area contributed by atoms with Gasteiger partial charge in [-0.05, 0) is 24.0 Å². The Morgan fingerprint density at radius 3 is 2.53 bits per heavy atom. The normalized spacial score (nSPS) is 9.93. The zero-order valence-corrected chi connectivity index (χ0v) is 9.63. The van der Waals surface area contributed by atoms with Crippen molar-refractivity contribution in [1.82, 2.24) is 0 Å². The quantitative estimate of drug-likeness (QED) is 0.559. The van der Waals surface area contributed by atoms with Crippen LogP contribution in [0.5, 0.6) is 0 Å². The van der Waals surface area contributed by atoms with Gasteiger partial charge in [0.2, 0.25) is 5.76 Å². The van der Waals surface area contributed by atoms with Crippen molar-refractivity contribution in [2.75, 3.05) is 7.11 Å². The summed E-state index contributed by atoms with van der Waals surface area (Å²) in [5.74, 6) is 2.53. The summed E-state index contributed by atoms with van der Waals surface area (Å²) in [6.45, 7) is 6.26. The lowest BCUT2D eigenvalue weighted by Crippen LogP contribution is -1.98. The zero-order valence-electron chi connectivity index (χ0n) is 9.63. The summed E-state index contributed by atoms with van der Waals surface area (Å²) in [7, 11) is 1.49. The predicted octanol–water partition coefficient (Wildman–Crippen LogP) is 2.94. The van der Waals surface area contributed by atoms with Gasteiger partial charge in [-0.3, -0.25) is 0 Å². The van der Waals surface area contributed by atoms with Crippen LogP contribution in [0.4, 0.5) is 0 Å². The maximum Gasteiger partial charge on any atom is 0.211 e. The smallest absolute Gasteiger partial charge is 0.211 e. The fourth-order valence-electron chi connectivity index (χ4n) is 1.73. The summed E-state index contributed by atoms with van der Waals surface area (Å²) in [5, 5.41) is 0. The van der Waals surface area contributed by atoms with Gasteiger partial charge in [0.1, 0.15) is 0 Å². The van der Waals surface area contributed by atoms with E-state index in [-0.39, 0.29) is 5.76 Å². The average Bonchev–Trinajstić information content (AvgIpc) is 2.21. The third kappa shape index (κ3) is 2.28. The van der Waals surface area contributed by atoms with Crippen LogP contribution in [0.25, 0.3) is 5.76 Å². The lowest BCUT2D eigenvalue weighted by atomic mass is 9.94. The lowest BCUT2D eigenvalue weighted by molar-refractivity contribution is 0.370. The van der Waals surface area contributed by atoms with Crippen molar-refractivity contribution >= 4 is 11.7 Å². The molecule has 0 spiro atoms. The molecule has 15 heavy (non-hydrogen) atoms. The van der Waals surface area contributed by atoms with Crippen molar-refractivity contribution in [2.45, 2.75) is 26.7 Å². The summed E-state index contributed by atoms with van der Waals surface area (Å²) in [4.78, 5) is 10.7. The number of hydrogen-bond donors (Lipinski definition) is 0. The molecule has 2 heteroatoms. The molecule has 0 aliphatic heterocycles. The summed E-state index contributed by atoms with van der Waals surface area (Å²) < 4.78 is 4.99. The molecule has 0 saturated carbocycles. The van der Waals surface area contributed by atoms with Crippen LogP contribution >= 0.6 is 0 Å². The SMILES string of the molecule is COC(=C=O)c1cccc(C(C)C)c1C. The van der Waals surface area contributed by atoms with Crippen molar-refractivity contribution in [3.63, 3.8) is 0 Å². The number of rotatable bonds is 3. The molecule has 0 fully saturated rings. The fourth-order valence-corrected chi connectivity index (χ4v) is 1.73. The van der Waals surface area contributed by atoms with E-state index >= 15 is 0 Å². The van der Waals surface area contributed by atoms with Gasteiger partial charge in [-0.25, -0.2) is 4.79 Å². The molecule has 0 heterocycles. The molecular weight excluding hydrogens is 188 g/mol. The molecule has 0 N–H and O–H groups in total. The van der Waals surface area contributed by atoms with Gasteiger partial charge in [0, 0.05) is 5.56 Å². The first-order chi connectivity index (χ1) is 7.11.